The molecule has 0 aromatic rings. The van der Waals surface area contributed by atoms with Gasteiger partial charge in [-0.25, -0.2) is 8.42 Å². The van der Waals surface area contributed by atoms with E-state index in [0.717, 1.165) is 51.3 Å². The molecule has 2 aliphatic rings. The Bertz CT molecular complexity index is 597. The number of rotatable bonds is 7. The first-order valence-corrected chi connectivity index (χ1v) is 11.2. The van der Waals surface area contributed by atoms with Gasteiger partial charge in [0.2, 0.25) is 5.91 Å². The van der Waals surface area contributed by atoms with E-state index in [1.54, 1.807) is 7.05 Å². The number of aliphatic imine (C=N–C) groups is 1. The second-order valence-corrected chi connectivity index (χ2v) is 9.69. The van der Waals surface area contributed by atoms with E-state index in [-0.39, 0.29) is 41.1 Å². The van der Waals surface area contributed by atoms with Crippen LogP contribution < -0.4 is 10.6 Å². The minimum atomic E-state index is -2.97. The van der Waals surface area contributed by atoms with E-state index in [1.165, 1.54) is 6.26 Å². The molecule has 1 amide bonds. The molecular weight excluding hydrogens is 467 g/mol. The van der Waals surface area contributed by atoms with Gasteiger partial charge in [0.15, 0.2) is 5.96 Å². The van der Waals surface area contributed by atoms with Crippen molar-refractivity contribution in [2.75, 3.05) is 45.2 Å². The number of halogens is 1. The van der Waals surface area contributed by atoms with E-state index < -0.39 is 9.84 Å². The van der Waals surface area contributed by atoms with Gasteiger partial charge in [-0.2, -0.15) is 0 Å². The Hall–Kier alpha value is -0.580. The number of likely N-dealkylation sites (tertiary alicyclic amines) is 1. The third kappa shape index (κ3) is 7.58. The molecule has 7 nitrogen and oxygen atoms in total. The van der Waals surface area contributed by atoms with E-state index in [2.05, 4.69) is 15.5 Å². The third-order valence-corrected chi connectivity index (χ3v) is 6.23. The summed E-state index contributed by atoms with van der Waals surface area (Å²) < 4.78 is 23.2. The lowest BCUT2D eigenvalue weighted by Gasteiger charge is -2.34. The molecule has 1 saturated carbocycles. The van der Waals surface area contributed by atoms with Crippen LogP contribution in [-0.4, -0.2) is 70.4 Å². The quantitative estimate of drug-likeness (QED) is 0.312. The number of carbonyl (C=O) groups excluding carboxylic acids is 1. The fraction of sp³-hybridized carbons (Fsp3) is 0.882. The standard InChI is InChI=1S/C17H32N4O3S.HI/c1-4-19-16(20-12-17(7-8-17)13-25(3,23)24)21-9-5-14(6-10-21)11-15(22)18-2;/h14H,4-13H2,1-3H3,(H,18,22)(H,19,20);1H. The van der Waals surface area contributed by atoms with Gasteiger partial charge in [-0.1, -0.05) is 0 Å². The van der Waals surface area contributed by atoms with Crippen LogP contribution in [0.1, 0.15) is 39.0 Å². The number of nitrogens with one attached hydrogen (secondary N) is 2. The molecule has 0 unspecified atom stereocenters. The van der Waals surface area contributed by atoms with Crippen LogP contribution in [0.4, 0.5) is 0 Å². The molecule has 1 saturated heterocycles. The summed E-state index contributed by atoms with van der Waals surface area (Å²) in [4.78, 5) is 18.5. The molecule has 9 heteroatoms. The van der Waals surface area contributed by atoms with Crippen LogP contribution in [0.5, 0.6) is 0 Å². The van der Waals surface area contributed by atoms with E-state index >= 15 is 0 Å². The molecule has 0 atom stereocenters. The lowest BCUT2D eigenvalue weighted by atomic mass is 9.93. The lowest BCUT2D eigenvalue weighted by Crippen LogP contribution is -2.46. The molecule has 1 heterocycles. The Kier molecular flexibility index (Phi) is 9.11. The first kappa shape index (κ1) is 23.5. The number of carbonyl (C=O) groups is 1. The normalized spacial score (nSPS) is 20.3. The third-order valence-electron chi connectivity index (χ3n) is 5.09. The second kappa shape index (κ2) is 10.1. The minimum Gasteiger partial charge on any atom is -0.359 e. The van der Waals surface area contributed by atoms with Crippen LogP contribution in [0, 0.1) is 11.3 Å². The molecular formula is C17H33IN4O3S. The van der Waals surface area contributed by atoms with Gasteiger partial charge in [-0.3, -0.25) is 9.79 Å². The molecule has 0 aromatic carbocycles. The van der Waals surface area contributed by atoms with Crippen molar-refractivity contribution in [2.24, 2.45) is 16.3 Å². The molecule has 1 aliphatic carbocycles. The summed E-state index contributed by atoms with van der Waals surface area (Å²) in [5.41, 5.74) is -0.147. The fourth-order valence-electron chi connectivity index (χ4n) is 3.46. The summed E-state index contributed by atoms with van der Waals surface area (Å²) in [6.45, 7) is 5.16. The number of guanidine groups is 1. The number of nitrogens with zero attached hydrogens (tertiary/aromatic N) is 2. The van der Waals surface area contributed by atoms with Gasteiger partial charge in [0.1, 0.15) is 9.84 Å². The van der Waals surface area contributed by atoms with Gasteiger partial charge in [0.25, 0.3) is 0 Å². The van der Waals surface area contributed by atoms with Crippen molar-refractivity contribution in [3.63, 3.8) is 0 Å². The number of sulfone groups is 1. The summed E-state index contributed by atoms with van der Waals surface area (Å²) >= 11 is 0. The predicted molar refractivity (Wildman–Crippen MR) is 116 cm³/mol. The average molecular weight is 500 g/mol. The topological polar surface area (TPSA) is 90.9 Å². The van der Waals surface area contributed by atoms with Crippen LogP contribution in [0.2, 0.25) is 0 Å². The lowest BCUT2D eigenvalue weighted by molar-refractivity contribution is -0.121. The first-order valence-electron chi connectivity index (χ1n) is 9.18. The van der Waals surface area contributed by atoms with Crippen LogP contribution in [0.3, 0.4) is 0 Å². The number of hydrogen-bond acceptors (Lipinski definition) is 4. The Morgan fingerprint density at radius 2 is 1.88 bits per heavy atom. The van der Waals surface area contributed by atoms with Gasteiger partial charge >= 0.3 is 0 Å². The zero-order chi connectivity index (χ0) is 18.5. The minimum absolute atomic E-state index is 0. The molecule has 2 N–H and O–H groups in total. The maximum absolute atomic E-state index is 11.6. The SMILES string of the molecule is CCNC(=NCC1(CS(C)(=O)=O)CC1)N1CCC(CC(=O)NC)CC1.I. The average Bonchev–Trinajstić information content (AvgIpc) is 3.30. The van der Waals surface area contributed by atoms with Crippen LogP contribution in [0.25, 0.3) is 0 Å². The zero-order valence-electron chi connectivity index (χ0n) is 16.1. The van der Waals surface area contributed by atoms with Crippen molar-refractivity contribution in [1.29, 1.82) is 0 Å². The van der Waals surface area contributed by atoms with Crippen molar-refractivity contribution in [1.82, 2.24) is 15.5 Å². The number of hydrogen-bond donors (Lipinski definition) is 2. The van der Waals surface area contributed by atoms with Gasteiger partial charge in [0.05, 0.1) is 5.75 Å². The molecule has 0 bridgehead atoms. The molecule has 1 aliphatic heterocycles. The van der Waals surface area contributed by atoms with Gasteiger partial charge in [-0.05, 0) is 38.5 Å². The Morgan fingerprint density at radius 3 is 2.35 bits per heavy atom. The summed E-state index contributed by atoms with van der Waals surface area (Å²) in [6, 6.07) is 0. The highest BCUT2D eigenvalue weighted by atomic mass is 127. The van der Waals surface area contributed by atoms with Crippen LogP contribution >= 0.6 is 24.0 Å². The summed E-state index contributed by atoms with van der Waals surface area (Å²) in [7, 11) is -1.29. The van der Waals surface area contributed by atoms with E-state index in [4.69, 9.17) is 4.99 Å². The van der Waals surface area contributed by atoms with Crippen molar-refractivity contribution >= 4 is 45.7 Å². The summed E-state index contributed by atoms with van der Waals surface area (Å²) in [6.07, 6.45) is 5.74. The molecule has 2 rings (SSSR count). The Labute approximate surface area is 174 Å². The van der Waals surface area contributed by atoms with Gasteiger partial charge in [0, 0.05) is 51.3 Å². The van der Waals surface area contributed by atoms with Crippen LogP contribution in [0.15, 0.2) is 4.99 Å². The Balaban J connectivity index is 0.00000338. The van der Waals surface area contributed by atoms with E-state index in [9.17, 15) is 13.2 Å². The monoisotopic (exact) mass is 500 g/mol. The van der Waals surface area contributed by atoms with E-state index in [1.807, 2.05) is 6.92 Å². The molecule has 2 fully saturated rings. The maximum Gasteiger partial charge on any atom is 0.220 e. The van der Waals surface area contributed by atoms with Crippen molar-refractivity contribution in [2.45, 2.75) is 39.0 Å². The van der Waals surface area contributed by atoms with Gasteiger partial charge < -0.3 is 15.5 Å². The predicted octanol–water partition coefficient (Wildman–Crippen LogP) is 1.24. The number of piperidine rings is 1. The summed E-state index contributed by atoms with van der Waals surface area (Å²) in [5, 5.41) is 6.02. The smallest absolute Gasteiger partial charge is 0.220 e. The largest absolute Gasteiger partial charge is 0.359 e. The van der Waals surface area contributed by atoms with Crippen LogP contribution in [-0.2, 0) is 14.6 Å². The van der Waals surface area contributed by atoms with Gasteiger partial charge in [-0.15, -0.1) is 24.0 Å². The molecule has 26 heavy (non-hydrogen) atoms. The van der Waals surface area contributed by atoms with Crippen molar-refractivity contribution < 1.29 is 13.2 Å². The Morgan fingerprint density at radius 1 is 1.27 bits per heavy atom. The second-order valence-electron chi connectivity index (χ2n) is 7.55. The first-order chi connectivity index (χ1) is 11.8. The molecule has 0 aromatic heterocycles. The highest BCUT2D eigenvalue weighted by molar-refractivity contribution is 14.0. The highest BCUT2D eigenvalue weighted by Gasteiger charge is 2.45. The zero-order valence-corrected chi connectivity index (χ0v) is 19.2. The number of amides is 1. The van der Waals surface area contributed by atoms with E-state index in [0.29, 0.717) is 18.9 Å². The maximum atomic E-state index is 11.6. The van der Waals surface area contributed by atoms with Crippen molar-refractivity contribution in [3.05, 3.63) is 0 Å². The molecule has 0 radical (unpaired) electrons. The highest BCUT2D eigenvalue weighted by Crippen LogP contribution is 2.47. The molecule has 0 spiro atoms. The molecule has 152 valence electrons. The fourth-order valence-corrected chi connectivity index (χ4v) is 4.95. The summed E-state index contributed by atoms with van der Waals surface area (Å²) in [5.74, 6) is 1.65. The van der Waals surface area contributed by atoms with Crippen molar-refractivity contribution in [3.8, 4) is 0 Å².